The molecule has 0 unspecified atom stereocenters. The van der Waals surface area contributed by atoms with Crippen molar-refractivity contribution in [2.24, 2.45) is 0 Å². The molecule has 2 aliphatic rings. The van der Waals surface area contributed by atoms with Crippen molar-refractivity contribution >= 4 is 17.2 Å². The summed E-state index contributed by atoms with van der Waals surface area (Å²) in [6.45, 7) is 5.15. The average molecular weight is 370 g/mol. The summed E-state index contributed by atoms with van der Waals surface area (Å²) in [6.07, 6.45) is 4.84. The van der Waals surface area contributed by atoms with Crippen LogP contribution in [0.1, 0.15) is 61.3 Å². The minimum absolute atomic E-state index is 0.178. The zero-order chi connectivity index (χ0) is 18.1. The topological polar surface area (TPSA) is 45.2 Å². The van der Waals surface area contributed by atoms with Crippen molar-refractivity contribution in [1.82, 2.24) is 15.2 Å². The average Bonchev–Trinajstić information content (AvgIpc) is 3.13. The highest BCUT2D eigenvalue weighted by Gasteiger charge is 2.50. The minimum atomic E-state index is -0.178. The van der Waals surface area contributed by atoms with E-state index >= 15 is 0 Å². The first-order valence-corrected chi connectivity index (χ1v) is 10.5. The van der Waals surface area contributed by atoms with Crippen LogP contribution in [0.2, 0.25) is 0 Å². The second kappa shape index (κ2) is 7.12. The molecule has 5 heteroatoms. The smallest absolute Gasteiger partial charge is 0.220 e. The number of benzene rings is 1. The van der Waals surface area contributed by atoms with E-state index in [1.54, 1.807) is 11.3 Å². The number of amides is 1. The number of aromatic nitrogens is 1. The Kier molecular flexibility index (Phi) is 4.84. The number of nitrogens with zero attached hydrogens (tertiary/aromatic N) is 2. The predicted octanol–water partition coefficient (Wildman–Crippen LogP) is 4.22. The monoisotopic (exact) mass is 369 g/mol. The van der Waals surface area contributed by atoms with Gasteiger partial charge in [-0.3, -0.25) is 9.69 Å². The van der Waals surface area contributed by atoms with Crippen LogP contribution < -0.4 is 5.32 Å². The van der Waals surface area contributed by atoms with Crippen molar-refractivity contribution in [1.29, 1.82) is 0 Å². The summed E-state index contributed by atoms with van der Waals surface area (Å²) in [4.78, 5) is 19.7. The SMILES string of the molecule is Cc1nc(CN2[C@H]3CCCCC(=O)N[C@@]3(C)C[C@H]2c2ccccc2)cs1. The molecule has 3 heterocycles. The lowest BCUT2D eigenvalue weighted by Gasteiger charge is -2.38. The van der Waals surface area contributed by atoms with Crippen molar-refractivity contribution in [2.45, 2.75) is 70.1 Å². The third-order valence-electron chi connectivity index (χ3n) is 5.91. The van der Waals surface area contributed by atoms with Gasteiger partial charge in [0.15, 0.2) is 0 Å². The molecule has 26 heavy (non-hydrogen) atoms. The molecule has 4 nitrogen and oxygen atoms in total. The first-order valence-electron chi connectivity index (χ1n) is 9.58. The third kappa shape index (κ3) is 3.42. The molecule has 2 aromatic rings. The molecule has 1 aromatic heterocycles. The highest BCUT2D eigenvalue weighted by Crippen LogP contribution is 2.45. The molecule has 0 radical (unpaired) electrons. The van der Waals surface area contributed by atoms with Gasteiger partial charge in [-0.05, 0) is 38.7 Å². The van der Waals surface area contributed by atoms with Gasteiger partial charge in [-0.1, -0.05) is 36.8 Å². The molecule has 2 saturated heterocycles. The van der Waals surface area contributed by atoms with Crippen molar-refractivity contribution < 1.29 is 4.79 Å². The lowest BCUT2D eigenvalue weighted by molar-refractivity contribution is -0.123. The maximum absolute atomic E-state index is 12.4. The van der Waals surface area contributed by atoms with E-state index < -0.39 is 0 Å². The van der Waals surface area contributed by atoms with Crippen molar-refractivity contribution in [3.8, 4) is 0 Å². The summed E-state index contributed by atoms with van der Waals surface area (Å²) >= 11 is 1.71. The van der Waals surface area contributed by atoms with E-state index in [9.17, 15) is 4.79 Å². The maximum atomic E-state index is 12.4. The predicted molar refractivity (Wildman–Crippen MR) is 105 cm³/mol. The fourth-order valence-electron chi connectivity index (χ4n) is 4.73. The Balaban J connectivity index is 1.70. The number of hydrogen-bond donors (Lipinski definition) is 1. The second-order valence-electron chi connectivity index (χ2n) is 7.89. The number of nitrogens with one attached hydrogen (secondary N) is 1. The Bertz CT molecular complexity index is 775. The summed E-state index contributed by atoms with van der Waals surface area (Å²) in [6, 6.07) is 11.4. The van der Waals surface area contributed by atoms with Gasteiger partial charge >= 0.3 is 0 Å². The van der Waals surface area contributed by atoms with Crippen LogP contribution in [0.3, 0.4) is 0 Å². The summed E-state index contributed by atoms with van der Waals surface area (Å²) in [5.41, 5.74) is 2.30. The molecular weight excluding hydrogens is 342 g/mol. The van der Waals surface area contributed by atoms with E-state index in [2.05, 4.69) is 59.8 Å². The number of aryl methyl sites for hydroxylation is 1. The Morgan fingerprint density at radius 1 is 1.31 bits per heavy atom. The molecule has 0 aliphatic carbocycles. The van der Waals surface area contributed by atoms with E-state index in [0.717, 1.165) is 42.9 Å². The molecule has 1 amide bonds. The lowest BCUT2D eigenvalue weighted by Crippen LogP contribution is -2.55. The van der Waals surface area contributed by atoms with Crippen molar-refractivity contribution in [2.75, 3.05) is 0 Å². The van der Waals surface area contributed by atoms with E-state index in [1.165, 1.54) is 5.56 Å². The zero-order valence-electron chi connectivity index (χ0n) is 15.6. The highest BCUT2D eigenvalue weighted by atomic mass is 32.1. The summed E-state index contributed by atoms with van der Waals surface area (Å²) in [5.74, 6) is 0.204. The highest BCUT2D eigenvalue weighted by molar-refractivity contribution is 7.09. The normalized spacial score (nSPS) is 29.7. The van der Waals surface area contributed by atoms with E-state index in [0.29, 0.717) is 18.5 Å². The van der Waals surface area contributed by atoms with Crippen LogP contribution in [-0.2, 0) is 11.3 Å². The minimum Gasteiger partial charge on any atom is -0.349 e. The number of hydrogen-bond acceptors (Lipinski definition) is 4. The van der Waals surface area contributed by atoms with Gasteiger partial charge in [-0.2, -0.15) is 0 Å². The Hall–Kier alpha value is -1.72. The number of thiazole rings is 1. The first kappa shape index (κ1) is 17.7. The largest absolute Gasteiger partial charge is 0.349 e. The summed E-state index contributed by atoms with van der Waals surface area (Å²) in [5, 5.41) is 6.67. The molecule has 4 rings (SSSR count). The van der Waals surface area contributed by atoms with E-state index in [-0.39, 0.29) is 11.4 Å². The van der Waals surface area contributed by atoms with Gasteiger partial charge < -0.3 is 5.32 Å². The molecular formula is C21H27N3OS. The van der Waals surface area contributed by atoms with Gasteiger partial charge in [-0.15, -0.1) is 11.3 Å². The number of carbonyl (C=O) groups excluding carboxylic acids is 1. The standard InChI is InChI=1S/C21H27N3OS/c1-15-22-17(14-26-15)13-24-18(16-8-4-3-5-9-16)12-21(2)19(24)10-6-7-11-20(25)23-21/h3-5,8-9,14,18-19H,6-7,10-13H2,1-2H3,(H,23,25)/t18-,19-,21-/m0/s1. The van der Waals surface area contributed by atoms with Crippen molar-refractivity contribution in [3.05, 3.63) is 52.0 Å². The van der Waals surface area contributed by atoms with E-state index in [4.69, 9.17) is 4.98 Å². The fourth-order valence-corrected chi connectivity index (χ4v) is 5.34. The number of rotatable bonds is 3. The Morgan fingerprint density at radius 3 is 2.85 bits per heavy atom. The lowest BCUT2D eigenvalue weighted by atomic mass is 9.85. The number of likely N-dealkylation sites (tertiary alicyclic amines) is 1. The van der Waals surface area contributed by atoms with Crippen LogP contribution in [0.25, 0.3) is 0 Å². The van der Waals surface area contributed by atoms with Gasteiger partial charge in [-0.25, -0.2) is 4.98 Å². The molecule has 138 valence electrons. The summed E-state index contributed by atoms with van der Waals surface area (Å²) < 4.78 is 0. The summed E-state index contributed by atoms with van der Waals surface area (Å²) in [7, 11) is 0. The molecule has 3 atom stereocenters. The van der Waals surface area contributed by atoms with Crippen LogP contribution in [0, 0.1) is 6.92 Å². The number of carbonyl (C=O) groups is 1. The van der Waals surface area contributed by atoms with Crippen LogP contribution in [0.4, 0.5) is 0 Å². The molecule has 0 saturated carbocycles. The van der Waals surface area contributed by atoms with Crippen LogP contribution in [-0.4, -0.2) is 27.4 Å². The first-order chi connectivity index (χ1) is 12.5. The van der Waals surface area contributed by atoms with Crippen LogP contribution >= 0.6 is 11.3 Å². The molecule has 0 bridgehead atoms. The Labute approximate surface area is 159 Å². The van der Waals surface area contributed by atoms with E-state index in [1.807, 2.05) is 0 Å². The molecule has 1 N–H and O–H groups in total. The Morgan fingerprint density at radius 2 is 2.12 bits per heavy atom. The van der Waals surface area contributed by atoms with Gasteiger partial charge in [0.2, 0.25) is 5.91 Å². The zero-order valence-corrected chi connectivity index (χ0v) is 16.4. The van der Waals surface area contributed by atoms with Crippen LogP contribution in [0.15, 0.2) is 35.7 Å². The quantitative estimate of drug-likeness (QED) is 0.881. The maximum Gasteiger partial charge on any atom is 0.220 e. The third-order valence-corrected chi connectivity index (χ3v) is 6.73. The van der Waals surface area contributed by atoms with Gasteiger partial charge in [0, 0.05) is 30.4 Å². The van der Waals surface area contributed by atoms with Crippen molar-refractivity contribution in [3.63, 3.8) is 0 Å². The second-order valence-corrected chi connectivity index (χ2v) is 8.95. The molecule has 0 spiro atoms. The van der Waals surface area contributed by atoms with Gasteiger partial charge in [0.25, 0.3) is 0 Å². The molecule has 1 aromatic carbocycles. The van der Waals surface area contributed by atoms with Crippen LogP contribution in [0.5, 0.6) is 0 Å². The fraction of sp³-hybridized carbons (Fsp3) is 0.524. The molecule has 2 aliphatic heterocycles. The van der Waals surface area contributed by atoms with Gasteiger partial charge in [0.1, 0.15) is 0 Å². The number of fused-ring (bicyclic) bond motifs is 1. The van der Waals surface area contributed by atoms with Gasteiger partial charge in [0.05, 0.1) is 16.2 Å². The molecule has 2 fully saturated rings.